The maximum Gasteiger partial charge on any atom is 0.272 e. The van der Waals surface area contributed by atoms with Crippen molar-refractivity contribution in [3.8, 4) is 5.75 Å². The molecule has 6 heteroatoms. The fourth-order valence-electron chi connectivity index (χ4n) is 3.65. The number of hydrogen-bond donors (Lipinski definition) is 1. The van der Waals surface area contributed by atoms with E-state index in [9.17, 15) is 9.59 Å². The Bertz CT molecular complexity index is 1120. The first-order chi connectivity index (χ1) is 13.7. The lowest BCUT2D eigenvalue weighted by Crippen LogP contribution is -2.37. The molecule has 1 amide bonds. The van der Waals surface area contributed by atoms with E-state index in [0.29, 0.717) is 37.7 Å². The quantitative estimate of drug-likeness (QED) is 0.761. The molecule has 3 aromatic rings. The SMILES string of the molecule is O=C(c1cc(OCC2CC2)c2ccccc2n1)N1CCc2[nH]c(=O)ccc2C1. The number of benzene rings is 1. The number of nitrogens with one attached hydrogen (secondary N) is 1. The lowest BCUT2D eigenvalue weighted by Gasteiger charge is -2.28. The summed E-state index contributed by atoms with van der Waals surface area (Å²) in [4.78, 5) is 33.9. The van der Waals surface area contributed by atoms with Crippen LogP contribution in [0.3, 0.4) is 0 Å². The molecule has 3 heterocycles. The van der Waals surface area contributed by atoms with Gasteiger partial charge >= 0.3 is 0 Å². The van der Waals surface area contributed by atoms with Gasteiger partial charge in [0.2, 0.25) is 5.56 Å². The van der Waals surface area contributed by atoms with Crippen LogP contribution in [0.2, 0.25) is 0 Å². The van der Waals surface area contributed by atoms with Gasteiger partial charge in [0.05, 0.1) is 12.1 Å². The largest absolute Gasteiger partial charge is 0.493 e. The molecule has 28 heavy (non-hydrogen) atoms. The Morgan fingerprint density at radius 3 is 2.93 bits per heavy atom. The number of nitrogens with zero attached hydrogens (tertiary/aromatic N) is 2. The van der Waals surface area contributed by atoms with E-state index < -0.39 is 0 Å². The fraction of sp³-hybridized carbons (Fsp3) is 0.318. The van der Waals surface area contributed by atoms with Gasteiger partial charge in [-0.05, 0) is 36.5 Å². The number of H-pyrrole nitrogens is 1. The summed E-state index contributed by atoms with van der Waals surface area (Å²) in [5.41, 5.74) is 2.95. The summed E-state index contributed by atoms with van der Waals surface area (Å²) >= 11 is 0. The predicted octanol–water partition coefficient (Wildman–Crippen LogP) is 2.91. The molecule has 0 bridgehead atoms. The van der Waals surface area contributed by atoms with E-state index in [-0.39, 0.29) is 11.5 Å². The topological polar surface area (TPSA) is 75.3 Å². The van der Waals surface area contributed by atoms with E-state index in [2.05, 4.69) is 9.97 Å². The number of amides is 1. The average molecular weight is 375 g/mol. The van der Waals surface area contributed by atoms with E-state index >= 15 is 0 Å². The minimum absolute atomic E-state index is 0.104. The molecule has 2 aliphatic rings. The van der Waals surface area contributed by atoms with Crippen molar-refractivity contribution >= 4 is 16.8 Å². The predicted molar refractivity (Wildman–Crippen MR) is 105 cm³/mol. The summed E-state index contributed by atoms with van der Waals surface area (Å²) in [7, 11) is 0. The van der Waals surface area contributed by atoms with Gasteiger partial charge in [-0.1, -0.05) is 18.2 Å². The van der Waals surface area contributed by atoms with Crippen LogP contribution < -0.4 is 10.3 Å². The third kappa shape index (κ3) is 3.26. The standard InChI is InChI=1S/C22H21N3O3/c26-21-8-7-15-12-25(10-9-17(15)24-21)22(27)19-11-20(28-13-14-5-6-14)16-3-1-2-4-18(16)23-19/h1-4,7-8,11,14H,5-6,9-10,12-13H2,(H,24,26). The molecule has 1 aliphatic carbocycles. The van der Waals surface area contributed by atoms with Gasteiger partial charge in [0.25, 0.3) is 5.91 Å². The average Bonchev–Trinajstić information content (AvgIpc) is 3.55. The van der Waals surface area contributed by atoms with Crippen LogP contribution in [0.1, 0.15) is 34.6 Å². The van der Waals surface area contributed by atoms with Gasteiger partial charge in [-0.15, -0.1) is 0 Å². The molecule has 1 aliphatic heterocycles. The van der Waals surface area contributed by atoms with Gasteiger partial charge in [-0.2, -0.15) is 0 Å². The summed E-state index contributed by atoms with van der Waals surface area (Å²) in [5, 5.41) is 0.932. The summed E-state index contributed by atoms with van der Waals surface area (Å²) in [6.07, 6.45) is 3.06. The number of para-hydroxylation sites is 1. The third-order valence-corrected chi connectivity index (χ3v) is 5.45. The fourth-order valence-corrected chi connectivity index (χ4v) is 3.65. The van der Waals surface area contributed by atoms with Gasteiger partial charge in [0.1, 0.15) is 11.4 Å². The molecule has 142 valence electrons. The molecule has 0 radical (unpaired) electrons. The van der Waals surface area contributed by atoms with Crippen LogP contribution in [0, 0.1) is 5.92 Å². The lowest BCUT2D eigenvalue weighted by molar-refractivity contribution is 0.0727. The number of pyridine rings is 2. The van der Waals surface area contributed by atoms with E-state index in [1.165, 1.54) is 18.9 Å². The second-order valence-electron chi connectivity index (χ2n) is 7.58. The van der Waals surface area contributed by atoms with E-state index in [1.807, 2.05) is 24.3 Å². The molecular formula is C22H21N3O3. The second kappa shape index (κ2) is 6.78. The highest BCUT2D eigenvalue weighted by molar-refractivity contribution is 5.97. The maximum atomic E-state index is 13.2. The first-order valence-electron chi connectivity index (χ1n) is 9.70. The second-order valence-corrected chi connectivity index (χ2v) is 7.58. The summed E-state index contributed by atoms with van der Waals surface area (Å²) in [5.74, 6) is 1.24. The number of aromatic amines is 1. The smallest absolute Gasteiger partial charge is 0.272 e. The Morgan fingerprint density at radius 2 is 2.07 bits per heavy atom. The van der Waals surface area contributed by atoms with Crippen LogP contribution in [0.15, 0.2) is 47.3 Å². The van der Waals surface area contributed by atoms with Gasteiger partial charge < -0.3 is 14.6 Å². The van der Waals surface area contributed by atoms with Crippen molar-refractivity contribution < 1.29 is 9.53 Å². The Morgan fingerprint density at radius 1 is 1.21 bits per heavy atom. The maximum absolute atomic E-state index is 13.2. The van der Waals surface area contributed by atoms with Crippen molar-refractivity contribution in [1.82, 2.24) is 14.9 Å². The summed E-state index contributed by atoms with van der Waals surface area (Å²) in [6, 6.07) is 12.8. The highest BCUT2D eigenvalue weighted by Crippen LogP contribution is 2.32. The molecule has 0 atom stereocenters. The molecule has 0 spiro atoms. The van der Waals surface area contributed by atoms with Crippen molar-refractivity contribution in [2.45, 2.75) is 25.8 Å². The number of fused-ring (bicyclic) bond motifs is 2. The van der Waals surface area contributed by atoms with Crippen molar-refractivity contribution in [2.24, 2.45) is 5.92 Å². The molecule has 0 unspecified atom stereocenters. The van der Waals surface area contributed by atoms with Crippen LogP contribution in [-0.4, -0.2) is 33.9 Å². The van der Waals surface area contributed by atoms with E-state index in [0.717, 1.165) is 27.9 Å². The van der Waals surface area contributed by atoms with E-state index in [1.54, 1.807) is 17.0 Å². The summed E-state index contributed by atoms with van der Waals surface area (Å²) < 4.78 is 6.04. The molecule has 1 aromatic carbocycles. The Hall–Kier alpha value is -3.15. The van der Waals surface area contributed by atoms with Crippen molar-refractivity contribution in [3.05, 3.63) is 69.8 Å². The number of ether oxygens (including phenoxy) is 1. The van der Waals surface area contributed by atoms with Crippen LogP contribution in [-0.2, 0) is 13.0 Å². The molecular weight excluding hydrogens is 354 g/mol. The number of rotatable bonds is 4. The number of carbonyl (C=O) groups excluding carboxylic acids is 1. The zero-order valence-corrected chi connectivity index (χ0v) is 15.5. The Kier molecular flexibility index (Phi) is 4.11. The van der Waals surface area contributed by atoms with Crippen LogP contribution in [0.4, 0.5) is 0 Å². The molecule has 2 aromatic heterocycles. The molecule has 6 nitrogen and oxygen atoms in total. The molecule has 1 fully saturated rings. The van der Waals surface area contributed by atoms with E-state index in [4.69, 9.17) is 4.74 Å². The minimum atomic E-state index is -0.112. The molecule has 0 saturated heterocycles. The van der Waals surface area contributed by atoms with Gasteiger partial charge in [-0.3, -0.25) is 9.59 Å². The molecule has 1 saturated carbocycles. The first kappa shape index (κ1) is 17.0. The van der Waals surface area contributed by atoms with Gasteiger partial charge in [0.15, 0.2) is 0 Å². The Labute approximate surface area is 162 Å². The van der Waals surface area contributed by atoms with Gasteiger partial charge in [0, 0.05) is 42.7 Å². The highest BCUT2D eigenvalue weighted by Gasteiger charge is 2.25. The van der Waals surface area contributed by atoms with Crippen LogP contribution >= 0.6 is 0 Å². The monoisotopic (exact) mass is 375 g/mol. The highest BCUT2D eigenvalue weighted by atomic mass is 16.5. The van der Waals surface area contributed by atoms with Crippen molar-refractivity contribution in [3.63, 3.8) is 0 Å². The minimum Gasteiger partial charge on any atom is -0.493 e. The number of hydrogen-bond acceptors (Lipinski definition) is 4. The van der Waals surface area contributed by atoms with Crippen molar-refractivity contribution in [1.29, 1.82) is 0 Å². The number of carbonyl (C=O) groups is 1. The summed E-state index contributed by atoms with van der Waals surface area (Å²) in [6.45, 7) is 1.71. The zero-order valence-electron chi connectivity index (χ0n) is 15.5. The lowest BCUT2D eigenvalue weighted by atomic mass is 10.1. The number of aromatic nitrogens is 2. The normalized spacial score (nSPS) is 16.1. The first-order valence-corrected chi connectivity index (χ1v) is 9.70. The molecule has 1 N–H and O–H groups in total. The molecule has 5 rings (SSSR count). The van der Waals surface area contributed by atoms with Crippen LogP contribution in [0.5, 0.6) is 5.75 Å². The Balaban J connectivity index is 1.45. The van der Waals surface area contributed by atoms with Crippen LogP contribution in [0.25, 0.3) is 10.9 Å². The third-order valence-electron chi connectivity index (χ3n) is 5.45. The zero-order chi connectivity index (χ0) is 19.1. The van der Waals surface area contributed by atoms with Crippen molar-refractivity contribution in [2.75, 3.05) is 13.2 Å². The van der Waals surface area contributed by atoms with Gasteiger partial charge in [-0.25, -0.2) is 4.98 Å².